The van der Waals surface area contributed by atoms with E-state index in [1.165, 1.54) is 5.56 Å². The highest BCUT2D eigenvalue weighted by Crippen LogP contribution is 2.20. The number of halogens is 1. The molecule has 0 atom stereocenters. The van der Waals surface area contributed by atoms with Crippen LogP contribution in [0.15, 0.2) is 59.6 Å². The minimum absolute atomic E-state index is 0.00739. The molecule has 1 aliphatic rings. The Morgan fingerprint density at radius 1 is 1.17 bits per heavy atom. The fraction of sp³-hybridized carbons (Fsp3) is 0.222. The molecular formula is C18H17ClN2O2S. The summed E-state index contributed by atoms with van der Waals surface area (Å²) in [5.41, 5.74) is 1.21. The maximum Gasteiger partial charge on any atom is 0.266 e. The maximum atomic E-state index is 12.4. The van der Waals surface area contributed by atoms with Gasteiger partial charge in [0.1, 0.15) is 5.75 Å². The molecule has 2 aromatic rings. The Hall–Kier alpha value is -1.98. The second-order valence-corrected chi connectivity index (χ2v) is 6.61. The van der Waals surface area contributed by atoms with Crippen LogP contribution in [0.2, 0.25) is 5.02 Å². The Bertz CT molecular complexity index is 720. The third kappa shape index (κ3) is 4.52. The molecule has 2 aromatic carbocycles. The monoisotopic (exact) mass is 360 g/mol. The molecule has 1 amide bonds. The van der Waals surface area contributed by atoms with Crippen molar-refractivity contribution in [2.45, 2.75) is 5.75 Å². The lowest BCUT2D eigenvalue weighted by Gasteiger charge is -2.18. The van der Waals surface area contributed by atoms with Gasteiger partial charge < -0.3 is 4.74 Å². The number of rotatable bonds is 5. The minimum Gasteiger partial charge on any atom is -0.484 e. The molecule has 1 heterocycles. The van der Waals surface area contributed by atoms with Crippen molar-refractivity contribution in [1.82, 2.24) is 4.90 Å². The van der Waals surface area contributed by atoms with Gasteiger partial charge in [-0.25, -0.2) is 0 Å². The smallest absolute Gasteiger partial charge is 0.266 e. The zero-order valence-electron chi connectivity index (χ0n) is 13.0. The Balaban J connectivity index is 1.52. The van der Waals surface area contributed by atoms with Crippen LogP contribution in [0.25, 0.3) is 0 Å². The Morgan fingerprint density at radius 3 is 2.67 bits per heavy atom. The Kier molecular flexibility index (Phi) is 5.77. The van der Waals surface area contributed by atoms with E-state index in [4.69, 9.17) is 16.3 Å². The highest BCUT2D eigenvalue weighted by atomic mass is 35.5. The molecule has 24 heavy (non-hydrogen) atoms. The van der Waals surface area contributed by atoms with Gasteiger partial charge in [-0.05, 0) is 29.8 Å². The quantitative estimate of drug-likeness (QED) is 0.813. The van der Waals surface area contributed by atoms with Crippen molar-refractivity contribution < 1.29 is 9.53 Å². The average Bonchev–Trinajstić information content (AvgIpc) is 3.09. The third-order valence-corrected chi connectivity index (χ3v) is 4.83. The molecule has 0 saturated carbocycles. The predicted molar refractivity (Wildman–Crippen MR) is 98.7 cm³/mol. The van der Waals surface area contributed by atoms with Gasteiger partial charge in [-0.3, -0.25) is 14.7 Å². The van der Waals surface area contributed by atoms with Gasteiger partial charge in [0.25, 0.3) is 5.91 Å². The van der Waals surface area contributed by atoms with Crippen LogP contribution in [0, 0.1) is 0 Å². The van der Waals surface area contributed by atoms with Gasteiger partial charge >= 0.3 is 0 Å². The van der Waals surface area contributed by atoms with Crippen LogP contribution in [0.4, 0.5) is 0 Å². The number of hydrogen-bond acceptors (Lipinski definition) is 4. The van der Waals surface area contributed by atoms with E-state index in [0.29, 0.717) is 23.9 Å². The molecule has 0 N–H and O–H groups in total. The lowest BCUT2D eigenvalue weighted by Crippen LogP contribution is -2.36. The molecule has 6 heteroatoms. The molecule has 4 nitrogen and oxygen atoms in total. The van der Waals surface area contributed by atoms with Gasteiger partial charge in [0.05, 0.1) is 6.54 Å². The van der Waals surface area contributed by atoms with Gasteiger partial charge in [-0.2, -0.15) is 0 Å². The molecule has 0 radical (unpaired) electrons. The lowest BCUT2D eigenvalue weighted by molar-refractivity contribution is -0.128. The zero-order chi connectivity index (χ0) is 16.8. The number of carbonyl (C=O) groups excluding carboxylic acids is 1. The number of hydrogen-bond donors (Lipinski definition) is 0. The zero-order valence-corrected chi connectivity index (χ0v) is 14.6. The number of amides is 1. The van der Waals surface area contributed by atoms with E-state index in [2.05, 4.69) is 17.1 Å². The molecule has 3 rings (SSSR count). The number of thioether (sulfide) groups is 1. The molecule has 0 bridgehead atoms. The van der Waals surface area contributed by atoms with E-state index in [0.717, 1.165) is 10.9 Å². The molecule has 0 aromatic heterocycles. The number of amidine groups is 1. The number of benzene rings is 2. The molecular weight excluding hydrogens is 344 g/mol. The number of nitrogens with zero attached hydrogens (tertiary/aromatic N) is 2. The normalized spacial score (nSPS) is 13.7. The second-order valence-electron chi connectivity index (χ2n) is 5.23. The van der Waals surface area contributed by atoms with Crippen molar-refractivity contribution in [3.8, 4) is 5.75 Å². The summed E-state index contributed by atoms with van der Waals surface area (Å²) in [4.78, 5) is 18.5. The summed E-state index contributed by atoms with van der Waals surface area (Å²) in [5, 5.41) is 1.41. The number of carbonyl (C=O) groups is 1. The molecule has 0 saturated heterocycles. The van der Waals surface area contributed by atoms with Crippen molar-refractivity contribution >= 4 is 34.4 Å². The standard InChI is InChI=1S/C18H17ClN2O2S/c19-15-6-8-16(9-7-15)23-12-17(22)21-11-10-20-18(21)24-13-14-4-2-1-3-5-14/h1-9H,10-13H2. The summed E-state index contributed by atoms with van der Waals surface area (Å²) in [6, 6.07) is 17.1. The second kappa shape index (κ2) is 8.22. The summed E-state index contributed by atoms with van der Waals surface area (Å²) in [6.07, 6.45) is 0. The summed E-state index contributed by atoms with van der Waals surface area (Å²) in [5.74, 6) is 1.34. The van der Waals surface area contributed by atoms with Crippen LogP contribution in [0.5, 0.6) is 5.75 Å². The highest BCUT2D eigenvalue weighted by molar-refractivity contribution is 8.13. The topological polar surface area (TPSA) is 41.9 Å². The first-order chi connectivity index (χ1) is 11.7. The van der Waals surface area contributed by atoms with Crippen LogP contribution in [0.3, 0.4) is 0 Å². The van der Waals surface area contributed by atoms with Crippen molar-refractivity contribution in [1.29, 1.82) is 0 Å². The summed E-state index contributed by atoms with van der Waals surface area (Å²) in [6.45, 7) is 1.25. The van der Waals surface area contributed by atoms with E-state index in [1.54, 1.807) is 40.9 Å². The van der Waals surface area contributed by atoms with Gasteiger partial charge in [0, 0.05) is 17.3 Å². The highest BCUT2D eigenvalue weighted by Gasteiger charge is 2.24. The fourth-order valence-electron chi connectivity index (χ4n) is 2.26. The molecule has 0 unspecified atom stereocenters. The maximum absolute atomic E-state index is 12.4. The Labute approximate surface area is 150 Å². The fourth-order valence-corrected chi connectivity index (χ4v) is 3.40. The summed E-state index contributed by atoms with van der Waals surface area (Å²) >= 11 is 7.41. The van der Waals surface area contributed by atoms with E-state index in [9.17, 15) is 4.79 Å². The van der Waals surface area contributed by atoms with Crippen molar-refractivity contribution in [3.05, 3.63) is 65.2 Å². The van der Waals surface area contributed by atoms with Crippen LogP contribution in [-0.4, -0.2) is 35.7 Å². The first kappa shape index (κ1) is 16.9. The minimum atomic E-state index is -0.0817. The summed E-state index contributed by atoms with van der Waals surface area (Å²) < 4.78 is 5.53. The van der Waals surface area contributed by atoms with E-state index < -0.39 is 0 Å². The predicted octanol–water partition coefficient (Wildman–Crippen LogP) is 3.85. The van der Waals surface area contributed by atoms with Crippen LogP contribution < -0.4 is 4.74 Å². The summed E-state index contributed by atoms with van der Waals surface area (Å²) in [7, 11) is 0. The Morgan fingerprint density at radius 2 is 1.92 bits per heavy atom. The largest absolute Gasteiger partial charge is 0.484 e. The molecule has 0 spiro atoms. The van der Waals surface area contributed by atoms with Gasteiger partial charge in [0.2, 0.25) is 0 Å². The molecule has 1 aliphatic heterocycles. The van der Waals surface area contributed by atoms with Crippen LogP contribution in [-0.2, 0) is 10.5 Å². The average molecular weight is 361 g/mol. The number of ether oxygens (including phenoxy) is 1. The van der Waals surface area contributed by atoms with Crippen LogP contribution >= 0.6 is 23.4 Å². The third-order valence-electron chi connectivity index (χ3n) is 3.49. The van der Waals surface area contributed by atoms with Crippen molar-refractivity contribution in [3.63, 3.8) is 0 Å². The molecule has 124 valence electrons. The van der Waals surface area contributed by atoms with Crippen molar-refractivity contribution in [2.75, 3.05) is 19.7 Å². The first-order valence-corrected chi connectivity index (χ1v) is 8.98. The van der Waals surface area contributed by atoms with Crippen LogP contribution in [0.1, 0.15) is 5.56 Å². The van der Waals surface area contributed by atoms with Gasteiger partial charge in [-0.1, -0.05) is 53.7 Å². The van der Waals surface area contributed by atoms with E-state index in [1.807, 2.05) is 18.2 Å². The van der Waals surface area contributed by atoms with Gasteiger partial charge in [0.15, 0.2) is 11.8 Å². The lowest BCUT2D eigenvalue weighted by atomic mass is 10.2. The SMILES string of the molecule is O=C(COc1ccc(Cl)cc1)N1CCN=C1SCc1ccccc1. The van der Waals surface area contributed by atoms with E-state index >= 15 is 0 Å². The molecule has 0 aliphatic carbocycles. The first-order valence-electron chi connectivity index (χ1n) is 7.62. The van der Waals surface area contributed by atoms with Crippen molar-refractivity contribution in [2.24, 2.45) is 4.99 Å². The number of aliphatic imine (C=N–C) groups is 1. The molecule has 0 fully saturated rings. The van der Waals surface area contributed by atoms with E-state index in [-0.39, 0.29) is 12.5 Å². The van der Waals surface area contributed by atoms with Gasteiger partial charge in [-0.15, -0.1) is 0 Å².